The molecule has 2 N–H and O–H groups in total. The molecule has 0 radical (unpaired) electrons. The van der Waals surface area contributed by atoms with Crippen molar-refractivity contribution in [3.8, 4) is 0 Å². The summed E-state index contributed by atoms with van der Waals surface area (Å²) in [5, 5.41) is 3.59. The number of halogens is 1. The van der Waals surface area contributed by atoms with E-state index in [0.29, 0.717) is 5.02 Å². The first-order valence-corrected chi connectivity index (χ1v) is 7.18. The molecule has 1 heterocycles. The van der Waals surface area contributed by atoms with Crippen LogP contribution in [0.2, 0.25) is 5.02 Å². The van der Waals surface area contributed by atoms with Gasteiger partial charge in [-0.15, -0.1) is 0 Å². The average Bonchev–Trinajstić information content (AvgIpc) is 3.17. The predicted molar refractivity (Wildman–Crippen MR) is 81.9 cm³/mol. The molecule has 1 aromatic carbocycles. The van der Waals surface area contributed by atoms with Crippen molar-refractivity contribution in [2.75, 3.05) is 0 Å². The molecule has 2 atom stereocenters. The number of hydrogen-bond donors (Lipinski definition) is 2. The van der Waals surface area contributed by atoms with Crippen LogP contribution in [0.5, 0.6) is 0 Å². The van der Waals surface area contributed by atoms with Crippen molar-refractivity contribution < 1.29 is 4.79 Å². The number of aromatic nitrogens is 1. The molecule has 1 fully saturated rings. The number of aryl methyl sites for hydroxylation is 1. The van der Waals surface area contributed by atoms with E-state index in [-0.39, 0.29) is 29.0 Å². The lowest BCUT2D eigenvalue weighted by molar-refractivity contribution is 0.0949. The lowest BCUT2D eigenvalue weighted by Crippen LogP contribution is -2.31. The standard InChI is InChI=1S/C16H15ClN2O2/c1-9-5-6-12(15(20)18-9)16(21)19-14-8-13(14)10-3-2-4-11(17)7-10/h2-7,13-14H,8H2,1H3,(H,18,20)(H,19,21)/t13-,14+/m0/s1. The third-order valence-corrected chi connectivity index (χ3v) is 3.92. The first-order chi connectivity index (χ1) is 10.0. The molecule has 21 heavy (non-hydrogen) atoms. The van der Waals surface area contributed by atoms with E-state index in [1.54, 1.807) is 19.1 Å². The van der Waals surface area contributed by atoms with Gasteiger partial charge < -0.3 is 10.3 Å². The van der Waals surface area contributed by atoms with Gasteiger partial charge in [0.1, 0.15) is 5.56 Å². The van der Waals surface area contributed by atoms with Crippen LogP contribution in [0.3, 0.4) is 0 Å². The number of nitrogens with one attached hydrogen (secondary N) is 2. The lowest BCUT2D eigenvalue weighted by Gasteiger charge is -2.05. The lowest BCUT2D eigenvalue weighted by atomic mass is 10.1. The molecule has 1 aromatic heterocycles. The quantitative estimate of drug-likeness (QED) is 0.915. The summed E-state index contributed by atoms with van der Waals surface area (Å²) in [6, 6.07) is 11.0. The molecule has 5 heteroatoms. The van der Waals surface area contributed by atoms with E-state index < -0.39 is 0 Å². The SMILES string of the molecule is Cc1ccc(C(=O)N[C@@H]2C[C@H]2c2cccc(Cl)c2)c(=O)[nH]1. The Morgan fingerprint density at radius 2 is 2.14 bits per heavy atom. The zero-order valence-electron chi connectivity index (χ0n) is 11.5. The van der Waals surface area contributed by atoms with E-state index in [0.717, 1.165) is 17.7 Å². The molecule has 0 saturated heterocycles. The van der Waals surface area contributed by atoms with Crippen LogP contribution in [0.15, 0.2) is 41.2 Å². The van der Waals surface area contributed by atoms with Gasteiger partial charge in [0.15, 0.2) is 0 Å². The maximum absolute atomic E-state index is 12.1. The van der Waals surface area contributed by atoms with Gasteiger partial charge in [-0.1, -0.05) is 23.7 Å². The fourth-order valence-electron chi connectivity index (χ4n) is 2.46. The summed E-state index contributed by atoms with van der Waals surface area (Å²) in [4.78, 5) is 26.5. The van der Waals surface area contributed by atoms with E-state index in [9.17, 15) is 9.59 Å². The smallest absolute Gasteiger partial charge is 0.260 e. The van der Waals surface area contributed by atoms with Crippen molar-refractivity contribution in [2.24, 2.45) is 0 Å². The molecule has 1 amide bonds. The highest BCUT2D eigenvalue weighted by atomic mass is 35.5. The third-order valence-electron chi connectivity index (χ3n) is 3.68. The molecule has 1 aliphatic rings. The highest BCUT2D eigenvalue weighted by Crippen LogP contribution is 2.41. The largest absolute Gasteiger partial charge is 0.348 e. The molecule has 0 bridgehead atoms. The highest BCUT2D eigenvalue weighted by Gasteiger charge is 2.39. The average molecular weight is 303 g/mol. The monoisotopic (exact) mass is 302 g/mol. The number of H-pyrrole nitrogens is 1. The molecule has 4 nitrogen and oxygen atoms in total. The van der Waals surface area contributed by atoms with Gasteiger partial charge in [-0.05, 0) is 43.2 Å². The molecule has 1 aliphatic carbocycles. The van der Waals surface area contributed by atoms with Gasteiger partial charge in [-0.3, -0.25) is 9.59 Å². The topological polar surface area (TPSA) is 62.0 Å². The van der Waals surface area contributed by atoms with E-state index in [4.69, 9.17) is 11.6 Å². The van der Waals surface area contributed by atoms with Crippen LogP contribution in [-0.2, 0) is 0 Å². The van der Waals surface area contributed by atoms with Gasteiger partial charge in [0, 0.05) is 22.7 Å². The minimum atomic E-state index is -0.354. The van der Waals surface area contributed by atoms with Gasteiger partial charge >= 0.3 is 0 Å². The van der Waals surface area contributed by atoms with Crippen LogP contribution in [0.25, 0.3) is 0 Å². The van der Waals surface area contributed by atoms with E-state index >= 15 is 0 Å². The summed E-state index contributed by atoms with van der Waals surface area (Å²) in [6.07, 6.45) is 0.871. The number of benzene rings is 1. The molecule has 108 valence electrons. The first-order valence-electron chi connectivity index (χ1n) is 6.81. The number of amides is 1. The summed E-state index contributed by atoms with van der Waals surface area (Å²) in [6.45, 7) is 1.78. The maximum atomic E-state index is 12.1. The van der Waals surface area contributed by atoms with Crippen LogP contribution >= 0.6 is 11.6 Å². The van der Waals surface area contributed by atoms with Gasteiger partial charge in [0.25, 0.3) is 11.5 Å². The van der Waals surface area contributed by atoms with Crippen molar-refractivity contribution in [3.63, 3.8) is 0 Å². The number of carbonyl (C=O) groups excluding carboxylic acids is 1. The maximum Gasteiger partial charge on any atom is 0.260 e. The second kappa shape index (κ2) is 5.37. The molecule has 3 rings (SSSR count). The molecule has 2 aromatic rings. The number of pyridine rings is 1. The summed E-state index contributed by atoms with van der Waals surface area (Å²) < 4.78 is 0. The second-order valence-corrected chi connectivity index (χ2v) is 5.80. The summed E-state index contributed by atoms with van der Waals surface area (Å²) in [5.41, 5.74) is 1.65. The van der Waals surface area contributed by atoms with Gasteiger partial charge in [0.05, 0.1) is 0 Å². The Bertz CT molecular complexity index is 754. The number of carbonyl (C=O) groups is 1. The van der Waals surface area contributed by atoms with E-state index in [1.807, 2.05) is 24.3 Å². The number of hydrogen-bond acceptors (Lipinski definition) is 2. The van der Waals surface area contributed by atoms with Gasteiger partial charge in [0.2, 0.25) is 0 Å². The molecule has 0 unspecified atom stereocenters. The summed E-state index contributed by atoms with van der Waals surface area (Å²) in [5.74, 6) is -0.0528. The summed E-state index contributed by atoms with van der Waals surface area (Å²) >= 11 is 5.97. The number of aromatic amines is 1. The predicted octanol–water partition coefficient (Wildman–Crippen LogP) is 2.62. The van der Waals surface area contributed by atoms with Crippen LogP contribution in [0, 0.1) is 6.92 Å². The van der Waals surface area contributed by atoms with Gasteiger partial charge in [-0.2, -0.15) is 0 Å². The fraction of sp³-hybridized carbons (Fsp3) is 0.250. The molecule has 1 saturated carbocycles. The Hall–Kier alpha value is -2.07. The zero-order chi connectivity index (χ0) is 15.0. The van der Waals surface area contributed by atoms with Crippen LogP contribution in [0.4, 0.5) is 0 Å². The fourth-order valence-corrected chi connectivity index (χ4v) is 2.66. The van der Waals surface area contributed by atoms with Crippen LogP contribution in [-0.4, -0.2) is 16.9 Å². The summed E-state index contributed by atoms with van der Waals surface area (Å²) in [7, 11) is 0. The van der Waals surface area contributed by atoms with Gasteiger partial charge in [-0.25, -0.2) is 0 Å². The third kappa shape index (κ3) is 3.00. The Morgan fingerprint density at radius 3 is 2.86 bits per heavy atom. The van der Waals surface area contributed by atoms with Crippen molar-refractivity contribution in [3.05, 3.63) is 68.6 Å². The Morgan fingerprint density at radius 1 is 1.33 bits per heavy atom. The minimum absolute atomic E-state index is 0.0664. The second-order valence-electron chi connectivity index (χ2n) is 5.36. The van der Waals surface area contributed by atoms with Crippen molar-refractivity contribution in [2.45, 2.75) is 25.3 Å². The first kappa shape index (κ1) is 13.9. The Labute approximate surface area is 127 Å². The van der Waals surface area contributed by atoms with E-state index in [1.165, 1.54) is 0 Å². The molecule has 0 aliphatic heterocycles. The van der Waals surface area contributed by atoms with Crippen LogP contribution < -0.4 is 10.9 Å². The molecule has 0 spiro atoms. The van der Waals surface area contributed by atoms with Crippen molar-refractivity contribution in [1.29, 1.82) is 0 Å². The highest BCUT2D eigenvalue weighted by molar-refractivity contribution is 6.30. The van der Waals surface area contributed by atoms with Crippen molar-refractivity contribution in [1.82, 2.24) is 10.3 Å². The van der Waals surface area contributed by atoms with Crippen molar-refractivity contribution >= 4 is 17.5 Å². The molecular weight excluding hydrogens is 288 g/mol. The minimum Gasteiger partial charge on any atom is -0.348 e. The zero-order valence-corrected chi connectivity index (χ0v) is 12.3. The molecular formula is C16H15ClN2O2. The Balaban J connectivity index is 1.69. The van der Waals surface area contributed by atoms with E-state index in [2.05, 4.69) is 10.3 Å². The Kier molecular flexibility index (Phi) is 3.55. The van der Waals surface area contributed by atoms with Crippen LogP contribution in [0.1, 0.15) is 34.0 Å². The normalized spacial score (nSPS) is 20.1. The number of rotatable bonds is 3.